The molecule has 0 aliphatic heterocycles. The fraction of sp³-hybridized carbons (Fsp3) is 0. The van der Waals surface area contributed by atoms with Gasteiger partial charge in [0.05, 0.1) is 0 Å². The predicted molar refractivity (Wildman–Crippen MR) is 343 cm³/mol. The fourth-order valence-corrected chi connectivity index (χ4v) is 16.8. The molecule has 615 valence electrons. The third-order valence-corrected chi connectivity index (χ3v) is 23.3. The van der Waals surface area contributed by atoms with Gasteiger partial charge in [-0.05, 0) is 146 Å². The number of hydrogen-bond donors (Lipinski definition) is 2. The zero-order chi connectivity index (χ0) is 86.7. The Balaban J connectivity index is 0.000000198. The van der Waals surface area contributed by atoms with Crippen molar-refractivity contribution in [2.75, 3.05) is 0 Å². The molecule has 4 nitrogen and oxygen atoms in total. The SMILES string of the molecule is O=P(c1ccc(F)cc1)(c1ccc(F)cc1)c1ccc(F)cc1.O=P(c1ccc(F)cc1)(c1ccc(F)cc1)c1ccc(F)cc1.O[B-](c1c(F)c(F)c(F)c(F)c1F)(c1c(F)c(F)c(F)c(F)c1F)c1c(F)c(F)c(F)c(F)c1F.O[B-](c1c(F)c(F)c(F)c(F)c1F)(c1c(F)c(F)c(F)c(F)c1F)c1c(F)c(F)c(F)c(F)c1F.[Co+2]. The minimum Gasteiger partial charge on any atom is -0.594 e. The molecule has 0 amide bonds. The van der Waals surface area contributed by atoms with Gasteiger partial charge in [-0.15, -0.1) is 0 Å². The van der Waals surface area contributed by atoms with Gasteiger partial charge in [-0.25, -0.2) is 158 Å². The molecular formula is C72H26B2CoF36O4P2. The van der Waals surface area contributed by atoms with E-state index >= 15 is 0 Å². The number of hydrogen-bond acceptors (Lipinski definition) is 4. The average molecular weight is 1780 g/mol. The minimum absolute atomic E-state index is 0. The maximum absolute atomic E-state index is 14.5. The van der Waals surface area contributed by atoms with Gasteiger partial charge in [-0.1, -0.05) is 32.8 Å². The molecular weight excluding hydrogens is 1760 g/mol. The first kappa shape index (κ1) is 91.7. The van der Waals surface area contributed by atoms with Gasteiger partial charge in [0.25, 0.3) is 0 Å². The van der Waals surface area contributed by atoms with Crippen LogP contribution in [0.3, 0.4) is 0 Å². The van der Waals surface area contributed by atoms with E-state index in [9.17, 15) is 177 Å². The largest absolute Gasteiger partial charge is 2.00 e. The van der Waals surface area contributed by atoms with Crippen LogP contribution in [0.15, 0.2) is 146 Å². The van der Waals surface area contributed by atoms with Gasteiger partial charge in [-0.2, -0.15) is 0 Å². The van der Waals surface area contributed by atoms with Gasteiger partial charge in [0.2, 0.25) is 12.7 Å². The Bertz CT molecular complexity index is 4910. The summed E-state index contributed by atoms with van der Waals surface area (Å²) >= 11 is 0. The van der Waals surface area contributed by atoms with E-state index in [4.69, 9.17) is 0 Å². The Morgan fingerprint density at radius 3 is 0.316 bits per heavy atom. The summed E-state index contributed by atoms with van der Waals surface area (Å²) in [5, 5.41) is 24.0. The second kappa shape index (κ2) is 34.7. The van der Waals surface area contributed by atoms with Crippen LogP contribution in [0.25, 0.3) is 0 Å². The summed E-state index contributed by atoms with van der Waals surface area (Å²) in [6, 6.07) is 31.8. The zero-order valence-corrected chi connectivity index (χ0v) is 58.4. The Morgan fingerprint density at radius 1 is 0.154 bits per heavy atom. The Labute approximate surface area is 638 Å². The zero-order valence-electron chi connectivity index (χ0n) is 55.6. The van der Waals surface area contributed by atoms with Crippen molar-refractivity contribution in [3.05, 3.63) is 355 Å². The van der Waals surface area contributed by atoms with Gasteiger partial charge in [0.15, 0.2) is 119 Å². The van der Waals surface area contributed by atoms with Crippen molar-refractivity contribution >= 4 is 91.6 Å². The fourth-order valence-electron chi connectivity index (χ4n) is 11.6. The van der Waals surface area contributed by atoms with Crippen LogP contribution in [0.4, 0.5) is 158 Å². The van der Waals surface area contributed by atoms with E-state index in [0.717, 1.165) is 0 Å². The second-order valence-corrected chi connectivity index (χ2v) is 29.2. The van der Waals surface area contributed by atoms with Crippen LogP contribution in [-0.2, 0) is 25.9 Å². The third-order valence-electron chi connectivity index (χ3n) is 17.1. The van der Waals surface area contributed by atoms with E-state index in [0.29, 0.717) is 31.8 Å². The molecule has 0 saturated carbocycles. The summed E-state index contributed by atoms with van der Waals surface area (Å²) in [4.78, 5) is 0. The van der Waals surface area contributed by atoms with E-state index < -0.39 is 269 Å². The second-order valence-electron chi connectivity index (χ2n) is 23.6. The molecule has 2 N–H and O–H groups in total. The molecule has 12 rings (SSSR count). The van der Waals surface area contributed by atoms with Crippen molar-refractivity contribution in [3.8, 4) is 0 Å². The molecule has 12 aromatic carbocycles. The van der Waals surface area contributed by atoms with Gasteiger partial charge < -0.3 is 19.2 Å². The van der Waals surface area contributed by atoms with E-state index in [1.165, 1.54) is 146 Å². The van der Waals surface area contributed by atoms with Crippen molar-refractivity contribution in [2.45, 2.75) is 0 Å². The summed E-state index contributed by atoms with van der Waals surface area (Å²) in [6.45, 7) is 0. The van der Waals surface area contributed by atoms with Gasteiger partial charge in [0, 0.05) is 31.8 Å². The third kappa shape index (κ3) is 15.9. The first-order chi connectivity index (χ1) is 54.0. The predicted octanol–water partition coefficient (Wildman–Crippen LogP) is 14.9. The van der Waals surface area contributed by atoms with Gasteiger partial charge in [0.1, 0.15) is 105 Å². The molecule has 0 aliphatic rings. The summed E-state index contributed by atoms with van der Waals surface area (Å²) in [5.41, 5.74) is -18.5. The van der Waals surface area contributed by atoms with Crippen molar-refractivity contribution < 1.29 is 194 Å². The number of halogens is 36. The Hall–Kier alpha value is -10.9. The molecule has 0 saturated heterocycles. The Kier molecular flexibility index (Phi) is 27.2. The molecule has 0 heterocycles. The van der Waals surface area contributed by atoms with E-state index in [-0.39, 0.29) is 16.8 Å². The van der Waals surface area contributed by atoms with E-state index in [2.05, 4.69) is 0 Å². The van der Waals surface area contributed by atoms with Crippen molar-refractivity contribution in [1.82, 2.24) is 0 Å². The smallest absolute Gasteiger partial charge is 0.594 e. The molecule has 0 aliphatic carbocycles. The van der Waals surface area contributed by atoms with Crippen molar-refractivity contribution in [3.63, 3.8) is 0 Å². The van der Waals surface area contributed by atoms with Crippen molar-refractivity contribution in [2.24, 2.45) is 0 Å². The topological polar surface area (TPSA) is 74.6 Å². The maximum Gasteiger partial charge on any atom is 2.00 e. The summed E-state index contributed by atoms with van der Waals surface area (Å²) < 4.78 is 526. The molecule has 12 aromatic rings. The molecule has 0 aromatic heterocycles. The summed E-state index contributed by atoms with van der Waals surface area (Å²) in [6.07, 6.45) is -12.8. The van der Waals surface area contributed by atoms with Crippen LogP contribution >= 0.6 is 14.3 Å². The first-order valence-electron chi connectivity index (χ1n) is 30.7. The molecule has 45 heteroatoms. The molecule has 0 fully saturated rings. The molecule has 117 heavy (non-hydrogen) atoms. The monoisotopic (exact) mass is 1780 g/mol. The summed E-state index contributed by atoms with van der Waals surface area (Å²) in [5.74, 6) is -98.4. The average Bonchev–Trinajstić information content (AvgIpc) is 0.708. The number of benzene rings is 12. The molecule has 0 atom stereocenters. The van der Waals surface area contributed by atoms with Gasteiger partial charge in [-0.3, -0.25) is 0 Å². The minimum atomic E-state index is -6.41. The van der Waals surface area contributed by atoms with Gasteiger partial charge >= 0.3 is 16.8 Å². The van der Waals surface area contributed by atoms with Crippen LogP contribution in [0.1, 0.15) is 0 Å². The molecule has 1 radical (unpaired) electrons. The van der Waals surface area contributed by atoms with E-state index in [1.807, 2.05) is 0 Å². The van der Waals surface area contributed by atoms with E-state index in [1.54, 1.807) is 0 Å². The standard InChI is InChI=1S/2C18HBF15O.2C18H12F3OP.Co/c2*20-4-1(5(21)11(27)16(32)10(4)26)19(35,2-6(22)12(28)17(33)13(29)7(2)23)3-8(24)14(30)18(34)15(31)9(3)25;2*19-13-1-7-16(8-2-13)23(22,17-9-3-14(20)4-10-17)18-11-5-15(21)6-12-18;/h2*35H;2*1-12H;/q2*-1;;;+2. The summed E-state index contributed by atoms with van der Waals surface area (Å²) in [7, 11) is -6.67. The molecule has 0 bridgehead atoms. The number of rotatable bonds is 12. The van der Waals surface area contributed by atoms with Crippen LogP contribution in [0.2, 0.25) is 0 Å². The normalized spacial score (nSPS) is 11.7. The quantitative estimate of drug-likeness (QED) is 0.0420. The molecule has 0 unspecified atom stereocenters. The maximum atomic E-state index is 14.5. The van der Waals surface area contributed by atoms with Crippen LogP contribution in [-0.4, -0.2) is 22.7 Å². The van der Waals surface area contributed by atoms with Crippen LogP contribution < -0.4 is 64.6 Å². The van der Waals surface area contributed by atoms with Crippen molar-refractivity contribution in [1.29, 1.82) is 0 Å². The molecule has 0 spiro atoms. The van der Waals surface area contributed by atoms with Crippen LogP contribution in [0, 0.1) is 209 Å². The first-order valence-corrected chi connectivity index (χ1v) is 34.1. The van der Waals surface area contributed by atoms with Crippen LogP contribution in [0.5, 0.6) is 0 Å². The Morgan fingerprint density at radius 2 is 0.231 bits per heavy atom.